The fraction of sp³-hybridized carbons (Fsp3) is 0.700. The number of aliphatic hydroxyl groups is 1. The summed E-state index contributed by atoms with van der Waals surface area (Å²) >= 11 is 0. The van der Waals surface area contributed by atoms with Crippen LogP contribution in [-0.4, -0.2) is 83.4 Å². The number of esters is 1. The van der Waals surface area contributed by atoms with E-state index in [1.807, 2.05) is 32.9 Å². The number of carboxylic acids is 1. The highest BCUT2D eigenvalue weighted by molar-refractivity contribution is 5.87. The van der Waals surface area contributed by atoms with Crippen LogP contribution in [0.5, 0.6) is 0 Å². The molecular formula is C30H47NO9. The average molecular weight is 566 g/mol. The third kappa shape index (κ3) is 11.9. The molecule has 2 rings (SSSR count). The van der Waals surface area contributed by atoms with E-state index in [4.69, 9.17) is 18.9 Å². The summed E-state index contributed by atoms with van der Waals surface area (Å²) in [5, 5.41) is 23.2. The molecule has 0 bridgehead atoms. The van der Waals surface area contributed by atoms with Crippen LogP contribution in [0.4, 0.5) is 0 Å². The second-order valence-corrected chi connectivity index (χ2v) is 11.1. The van der Waals surface area contributed by atoms with Crippen molar-refractivity contribution < 1.29 is 43.5 Å². The highest BCUT2D eigenvalue weighted by Gasteiger charge is 2.40. The van der Waals surface area contributed by atoms with Gasteiger partial charge in [-0.15, -0.1) is 0 Å². The minimum absolute atomic E-state index is 0.00630. The Morgan fingerprint density at radius 3 is 2.52 bits per heavy atom. The van der Waals surface area contributed by atoms with Crippen LogP contribution in [0.15, 0.2) is 36.0 Å². The molecule has 2 aliphatic rings. The molecule has 10 nitrogen and oxygen atoms in total. The first-order valence-electron chi connectivity index (χ1n) is 14.1. The number of nitrogens with one attached hydrogen (secondary N) is 1. The van der Waals surface area contributed by atoms with Gasteiger partial charge in [0.2, 0.25) is 5.91 Å². The molecular weight excluding hydrogens is 518 g/mol. The Labute approximate surface area is 237 Å². The van der Waals surface area contributed by atoms with Gasteiger partial charge in [0.05, 0.1) is 49.1 Å². The molecule has 0 aromatic carbocycles. The van der Waals surface area contributed by atoms with E-state index in [0.717, 1.165) is 12.0 Å². The van der Waals surface area contributed by atoms with Crippen molar-refractivity contribution in [3.8, 4) is 0 Å². The SMILES string of the molecule is CCOCC1(O)CC(C=CC(C)=CCC2OC(C)C(NC(=O)C=CC(C)OC(C)=O)CC2C)OC(CC(=O)O)C1. The highest BCUT2D eigenvalue weighted by atomic mass is 16.5. The highest BCUT2D eigenvalue weighted by Crippen LogP contribution is 2.32. The number of rotatable bonds is 13. The molecule has 8 unspecified atom stereocenters. The van der Waals surface area contributed by atoms with Crippen LogP contribution in [0.3, 0.4) is 0 Å². The van der Waals surface area contributed by atoms with E-state index in [9.17, 15) is 24.6 Å². The first-order valence-corrected chi connectivity index (χ1v) is 14.1. The number of carbonyl (C=O) groups is 3. The van der Waals surface area contributed by atoms with E-state index in [0.29, 0.717) is 19.4 Å². The van der Waals surface area contributed by atoms with E-state index < -0.39 is 35.9 Å². The van der Waals surface area contributed by atoms with Gasteiger partial charge in [-0.1, -0.05) is 30.7 Å². The zero-order chi connectivity index (χ0) is 29.9. The van der Waals surface area contributed by atoms with Crippen LogP contribution in [0.1, 0.15) is 73.6 Å². The molecule has 1 amide bonds. The lowest BCUT2D eigenvalue weighted by Gasteiger charge is -2.40. The van der Waals surface area contributed by atoms with Crippen molar-refractivity contribution in [3.63, 3.8) is 0 Å². The van der Waals surface area contributed by atoms with Gasteiger partial charge in [-0.05, 0) is 52.5 Å². The average Bonchev–Trinajstić information content (AvgIpc) is 2.85. The topological polar surface area (TPSA) is 141 Å². The number of allylic oxidation sites excluding steroid dienone is 2. The van der Waals surface area contributed by atoms with Crippen molar-refractivity contribution in [3.05, 3.63) is 36.0 Å². The van der Waals surface area contributed by atoms with Crippen LogP contribution >= 0.6 is 0 Å². The molecule has 40 heavy (non-hydrogen) atoms. The van der Waals surface area contributed by atoms with Gasteiger partial charge in [-0.3, -0.25) is 14.4 Å². The number of aliphatic carboxylic acids is 1. The van der Waals surface area contributed by atoms with Gasteiger partial charge in [0.1, 0.15) is 6.10 Å². The molecule has 2 aliphatic heterocycles. The van der Waals surface area contributed by atoms with Crippen molar-refractivity contribution >= 4 is 17.8 Å². The van der Waals surface area contributed by atoms with Crippen LogP contribution in [0.2, 0.25) is 0 Å². The molecule has 226 valence electrons. The van der Waals surface area contributed by atoms with Crippen LogP contribution in [-0.2, 0) is 33.3 Å². The number of hydrogen-bond donors (Lipinski definition) is 3. The maximum absolute atomic E-state index is 12.3. The molecule has 0 radical (unpaired) electrons. The second-order valence-electron chi connectivity index (χ2n) is 11.1. The number of hydrogen-bond acceptors (Lipinski definition) is 8. The van der Waals surface area contributed by atoms with Crippen molar-refractivity contribution in [1.29, 1.82) is 0 Å². The zero-order valence-corrected chi connectivity index (χ0v) is 24.6. The first kappa shape index (κ1) is 33.7. The fourth-order valence-corrected chi connectivity index (χ4v) is 5.16. The number of amides is 1. The summed E-state index contributed by atoms with van der Waals surface area (Å²) in [6.45, 7) is 11.5. The standard InChI is InChI=1S/C30H47NO9/c1-7-37-18-30(36)16-24(40-25(17-30)15-29(34)35)11-8-19(2)9-12-27-20(3)14-26(22(5)39-27)31-28(33)13-10-21(4)38-23(6)32/h8-11,13,20-22,24-27,36H,7,12,14-18H2,1-6H3,(H,31,33)(H,34,35). The summed E-state index contributed by atoms with van der Waals surface area (Å²) in [6, 6.07) is -0.130. The molecule has 2 fully saturated rings. The van der Waals surface area contributed by atoms with E-state index in [-0.39, 0.29) is 49.5 Å². The third-order valence-electron chi connectivity index (χ3n) is 7.19. The Morgan fingerprint density at radius 2 is 1.88 bits per heavy atom. The molecule has 0 saturated carbocycles. The van der Waals surface area contributed by atoms with Gasteiger partial charge >= 0.3 is 11.9 Å². The summed E-state index contributed by atoms with van der Waals surface area (Å²) < 4.78 is 22.6. The monoisotopic (exact) mass is 565 g/mol. The van der Waals surface area contributed by atoms with Crippen LogP contribution < -0.4 is 5.32 Å². The molecule has 0 spiro atoms. The summed E-state index contributed by atoms with van der Waals surface area (Å²) in [5.74, 6) is -1.41. The zero-order valence-electron chi connectivity index (χ0n) is 24.6. The minimum atomic E-state index is -1.13. The quantitative estimate of drug-likeness (QED) is 0.174. The van der Waals surface area contributed by atoms with Gasteiger partial charge in [0.15, 0.2) is 0 Å². The smallest absolute Gasteiger partial charge is 0.305 e. The lowest BCUT2D eigenvalue weighted by atomic mass is 9.86. The van der Waals surface area contributed by atoms with Gasteiger partial charge < -0.3 is 34.5 Å². The lowest BCUT2D eigenvalue weighted by Crippen LogP contribution is -2.50. The Hall–Kier alpha value is -2.53. The van der Waals surface area contributed by atoms with Gasteiger partial charge in [-0.25, -0.2) is 0 Å². The summed E-state index contributed by atoms with van der Waals surface area (Å²) in [6.07, 6.45) is 8.99. The van der Waals surface area contributed by atoms with Gasteiger partial charge in [-0.2, -0.15) is 0 Å². The number of carbonyl (C=O) groups excluding carboxylic acids is 2. The van der Waals surface area contributed by atoms with Crippen molar-refractivity contribution in [1.82, 2.24) is 5.32 Å². The molecule has 3 N–H and O–H groups in total. The van der Waals surface area contributed by atoms with Crippen molar-refractivity contribution in [2.45, 2.75) is 116 Å². The summed E-state index contributed by atoms with van der Waals surface area (Å²) in [4.78, 5) is 34.6. The Kier molecular flexibility index (Phi) is 13.5. The molecule has 0 aromatic heterocycles. The molecule has 2 heterocycles. The minimum Gasteiger partial charge on any atom is -0.481 e. The summed E-state index contributed by atoms with van der Waals surface area (Å²) in [5.41, 5.74) is -0.131. The first-order chi connectivity index (χ1) is 18.8. The molecule has 8 atom stereocenters. The second kappa shape index (κ2) is 16.0. The van der Waals surface area contributed by atoms with Gasteiger partial charge in [0.25, 0.3) is 0 Å². The maximum Gasteiger partial charge on any atom is 0.305 e. The van der Waals surface area contributed by atoms with Crippen molar-refractivity contribution in [2.75, 3.05) is 13.2 Å². The molecule has 2 saturated heterocycles. The molecule has 0 aliphatic carbocycles. The van der Waals surface area contributed by atoms with E-state index in [1.165, 1.54) is 13.0 Å². The normalized spacial score (nSPS) is 32.2. The Bertz CT molecular complexity index is 945. The Balaban J connectivity index is 1.91. The molecule has 10 heteroatoms. The van der Waals surface area contributed by atoms with Crippen molar-refractivity contribution in [2.24, 2.45) is 5.92 Å². The third-order valence-corrected chi connectivity index (χ3v) is 7.19. The van der Waals surface area contributed by atoms with Crippen LogP contribution in [0.25, 0.3) is 0 Å². The van der Waals surface area contributed by atoms with E-state index >= 15 is 0 Å². The summed E-state index contributed by atoms with van der Waals surface area (Å²) in [7, 11) is 0. The Morgan fingerprint density at radius 1 is 1.15 bits per heavy atom. The predicted octanol–water partition coefficient (Wildman–Crippen LogP) is 3.48. The van der Waals surface area contributed by atoms with Crippen LogP contribution in [0, 0.1) is 5.92 Å². The fourth-order valence-electron chi connectivity index (χ4n) is 5.16. The number of ether oxygens (including phenoxy) is 4. The van der Waals surface area contributed by atoms with E-state index in [2.05, 4.69) is 18.3 Å². The number of carboxylic acid groups (broad SMARTS) is 1. The molecule has 0 aromatic rings. The maximum atomic E-state index is 12.3. The van der Waals surface area contributed by atoms with Gasteiger partial charge in [0, 0.05) is 32.4 Å². The van der Waals surface area contributed by atoms with E-state index in [1.54, 1.807) is 13.0 Å². The largest absolute Gasteiger partial charge is 0.481 e. The predicted molar refractivity (Wildman–Crippen MR) is 150 cm³/mol. The lowest BCUT2D eigenvalue weighted by molar-refractivity contribution is -0.164.